The molecule has 0 radical (unpaired) electrons. The van der Waals surface area contributed by atoms with Crippen molar-refractivity contribution in [3.05, 3.63) is 29.8 Å². The van der Waals surface area contributed by atoms with E-state index in [1.807, 2.05) is 19.2 Å². The highest BCUT2D eigenvalue weighted by Crippen LogP contribution is 2.31. The molecule has 1 aliphatic heterocycles. The quantitative estimate of drug-likeness (QED) is 0.894. The highest BCUT2D eigenvalue weighted by Gasteiger charge is 2.34. The number of morpholine rings is 1. The lowest BCUT2D eigenvalue weighted by molar-refractivity contribution is -0.0815. The van der Waals surface area contributed by atoms with Crippen molar-refractivity contribution in [1.29, 1.82) is 0 Å². The Morgan fingerprint density at radius 3 is 2.60 bits per heavy atom. The first-order valence-electron chi connectivity index (χ1n) is 7.33. The summed E-state index contributed by atoms with van der Waals surface area (Å²) in [5.41, 5.74) is 1.29. The molecule has 0 bridgehead atoms. The number of methoxy groups -OCH3 is 1. The zero-order valence-electron chi connectivity index (χ0n) is 12.9. The number of nitrogens with zero attached hydrogens (tertiary/aromatic N) is 1. The van der Waals surface area contributed by atoms with Gasteiger partial charge in [-0.1, -0.05) is 12.1 Å². The Labute approximate surface area is 122 Å². The summed E-state index contributed by atoms with van der Waals surface area (Å²) < 4.78 is 11.2. The molecular weight excluding hydrogens is 252 g/mol. The number of rotatable bonds is 5. The van der Waals surface area contributed by atoms with Crippen LogP contribution in [0.15, 0.2) is 24.3 Å². The second kappa shape index (κ2) is 7.07. The van der Waals surface area contributed by atoms with Crippen molar-refractivity contribution in [2.75, 3.05) is 33.9 Å². The van der Waals surface area contributed by atoms with Crippen LogP contribution in [0.3, 0.4) is 0 Å². The van der Waals surface area contributed by atoms with E-state index in [1.54, 1.807) is 7.11 Å². The van der Waals surface area contributed by atoms with Crippen LogP contribution in [0.1, 0.15) is 25.5 Å². The van der Waals surface area contributed by atoms with Gasteiger partial charge in [0.05, 0.1) is 25.9 Å². The fourth-order valence-electron chi connectivity index (χ4n) is 2.91. The smallest absolute Gasteiger partial charge is 0.118 e. The highest BCUT2D eigenvalue weighted by atomic mass is 16.5. The van der Waals surface area contributed by atoms with E-state index < -0.39 is 0 Å². The summed E-state index contributed by atoms with van der Waals surface area (Å²) in [6.07, 6.45) is 0.185. The van der Waals surface area contributed by atoms with Crippen molar-refractivity contribution >= 4 is 0 Å². The maximum Gasteiger partial charge on any atom is 0.118 e. The van der Waals surface area contributed by atoms with Crippen LogP contribution in [0.2, 0.25) is 0 Å². The van der Waals surface area contributed by atoms with Crippen molar-refractivity contribution in [2.24, 2.45) is 0 Å². The molecule has 1 fully saturated rings. The number of benzene rings is 1. The summed E-state index contributed by atoms with van der Waals surface area (Å²) in [6, 6.07) is 9.15. The third-order valence-corrected chi connectivity index (χ3v) is 3.92. The van der Waals surface area contributed by atoms with E-state index in [1.165, 1.54) is 5.56 Å². The largest absolute Gasteiger partial charge is 0.497 e. The summed E-state index contributed by atoms with van der Waals surface area (Å²) in [7, 11) is 3.67. The first kappa shape index (κ1) is 15.3. The summed E-state index contributed by atoms with van der Waals surface area (Å²) >= 11 is 0. The molecule has 2 rings (SSSR count). The van der Waals surface area contributed by atoms with Gasteiger partial charge in [-0.2, -0.15) is 0 Å². The number of hydrogen-bond acceptors (Lipinski definition) is 4. The normalized spacial score (nSPS) is 24.1. The lowest BCUT2D eigenvalue weighted by Gasteiger charge is -2.43. The fourth-order valence-corrected chi connectivity index (χ4v) is 2.91. The Morgan fingerprint density at radius 2 is 2.05 bits per heavy atom. The molecule has 0 amide bonds. The molecular formula is C16H26N2O2. The van der Waals surface area contributed by atoms with Crippen molar-refractivity contribution in [1.82, 2.24) is 10.2 Å². The first-order chi connectivity index (χ1) is 9.67. The van der Waals surface area contributed by atoms with E-state index >= 15 is 0 Å². The van der Waals surface area contributed by atoms with Crippen LogP contribution >= 0.6 is 0 Å². The van der Waals surface area contributed by atoms with Gasteiger partial charge in [0.25, 0.3) is 0 Å². The molecule has 1 saturated heterocycles. The summed E-state index contributed by atoms with van der Waals surface area (Å²) in [5, 5.41) is 3.24. The Balaban J connectivity index is 2.27. The Bertz CT molecular complexity index is 403. The lowest BCUT2D eigenvalue weighted by Crippen LogP contribution is -2.51. The lowest BCUT2D eigenvalue weighted by atomic mass is 9.96. The molecule has 0 spiro atoms. The van der Waals surface area contributed by atoms with Crippen molar-refractivity contribution in [3.63, 3.8) is 0 Å². The Kier molecular flexibility index (Phi) is 5.40. The topological polar surface area (TPSA) is 33.7 Å². The second-order valence-corrected chi connectivity index (χ2v) is 5.52. The van der Waals surface area contributed by atoms with Gasteiger partial charge in [-0.15, -0.1) is 0 Å². The predicted octanol–water partition coefficient (Wildman–Crippen LogP) is 2.06. The standard InChI is InChI=1S/C16H26N2O2/c1-12(2)18-9-10-20-15(11-17-3)16(18)13-5-7-14(19-4)8-6-13/h5-8,12,15-17H,9-11H2,1-4H3. The maximum atomic E-state index is 5.99. The minimum Gasteiger partial charge on any atom is -0.497 e. The minimum absolute atomic E-state index is 0.185. The van der Waals surface area contributed by atoms with E-state index in [2.05, 4.69) is 36.2 Å². The molecule has 1 N–H and O–H groups in total. The zero-order valence-corrected chi connectivity index (χ0v) is 12.9. The van der Waals surface area contributed by atoms with Crippen LogP contribution < -0.4 is 10.1 Å². The summed E-state index contributed by atoms with van der Waals surface area (Å²) in [5.74, 6) is 0.895. The van der Waals surface area contributed by atoms with Crippen molar-refractivity contribution in [2.45, 2.75) is 32.0 Å². The number of likely N-dealkylation sites (N-methyl/N-ethyl adjacent to an activating group) is 1. The third kappa shape index (κ3) is 3.32. The molecule has 0 aliphatic carbocycles. The predicted molar refractivity (Wildman–Crippen MR) is 81.2 cm³/mol. The highest BCUT2D eigenvalue weighted by molar-refractivity contribution is 5.30. The Hall–Kier alpha value is -1.10. The molecule has 1 aromatic rings. The summed E-state index contributed by atoms with van der Waals surface area (Å²) in [6.45, 7) is 7.14. The van der Waals surface area contributed by atoms with Crippen LogP contribution in [-0.2, 0) is 4.74 Å². The monoisotopic (exact) mass is 278 g/mol. The average molecular weight is 278 g/mol. The molecule has 1 aliphatic rings. The van der Waals surface area contributed by atoms with Gasteiger partial charge < -0.3 is 14.8 Å². The van der Waals surface area contributed by atoms with Crippen molar-refractivity contribution in [3.8, 4) is 5.75 Å². The molecule has 4 heteroatoms. The van der Waals surface area contributed by atoms with Gasteiger partial charge in [0, 0.05) is 19.1 Å². The van der Waals surface area contributed by atoms with Crippen LogP contribution in [0.5, 0.6) is 5.75 Å². The first-order valence-corrected chi connectivity index (χ1v) is 7.33. The Morgan fingerprint density at radius 1 is 1.35 bits per heavy atom. The van der Waals surface area contributed by atoms with Gasteiger partial charge >= 0.3 is 0 Å². The van der Waals surface area contributed by atoms with E-state index in [9.17, 15) is 0 Å². The zero-order chi connectivity index (χ0) is 14.5. The van der Waals surface area contributed by atoms with Gasteiger partial charge in [-0.3, -0.25) is 4.90 Å². The molecule has 20 heavy (non-hydrogen) atoms. The van der Waals surface area contributed by atoms with Gasteiger partial charge in [0.15, 0.2) is 0 Å². The van der Waals surface area contributed by atoms with Gasteiger partial charge in [0.2, 0.25) is 0 Å². The number of nitrogens with one attached hydrogen (secondary N) is 1. The van der Waals surface area contributed by atoms with Crippen LogP contribution in [0, 0.1) is 0 Å². The molecule has 2 atom stereocenters. The molecule has 0 aromatic heterocycles. The molecule has 1 heterocycles. The molecule has 112 valence electrons. The van der Waals surface area contributed by atoms with E-state index in [-0.39, 0.29) is 6.10 Å². The van der Waals surface area contributed by atoms with Gasteiger partial charge in [-0.25, -0.2) is 0 Å². The second-order valence-electron chi connectivity index (χ2n) is 5.52. The van der Waals surface area contributed by atoms with Crippen molar-refractivity contribution < 1.29 is 9.47 Å². The number of hydrogen-bond donors (Lipinski definition) is 1. The third-order valence-electron chi connectivity index (χ3n) is 3.92. The molecule has 1 aromatic carbocycles. The van der Waals surface area contributed by atoms with Gasteiger partial charge in [-0.05, 0) is 38.6 Å². The fraction of sp³-hybridized carbons (Fsp3) is 0.625. The van der Waals surface area contributed by atoms with E-state index in [0.717, 1.165) is 25.4 Å². The van der Waals surface area contributed by atoms with Gasteiger partial charge in [0.1, 0.15) is 5.75 Å². The average Bonchev–Trinajstić information content (AvgIpc) is 2.47. The van der Waals surface area contributed by atoms with Crippen LogP contribution in [-0.4, -0.2) is 50.9 Å². The SMILES string of the molecule is CNCC1OCCN(C(C)C)C1c1ccc(OC)cc1. The van der Waals surface area contributed by atoms with Crippen LogP contribution in [0.4, 0.5) is 0 Å². The molecule has 2 unspecified atom stereocenters. The molecule has 0 saturated carbocycles. The van der Waals surface area contributed by atoms with Crippen LogP contribution in [0.25, 0.3) is 0 Å². The van der Waals surface area contributed by atoms with E-state index in [4.69, 9.17) is 9.47 Å². The minimum atomic E-state index is 0.185. The summed E-state index contributed by atoms with van der Waals surface area (Å²) in [4.78, 5) is 2.52. The maximum absolute atomic E-state index is 5.99. The number of ether oxygens (including phenoxy) is 2. The molecule has 4 nitrogen and oxygen atoms in total. The van der Waals surface area contributed by atoms with E-state index in [0.29, 0.717) is 12.1 Å².